The fourth-order valence-electron chi connectivity index (χ4n) is 12.7. The molecule has 0 aromatic rings. The highest BCUT2D eigenvalue weighted by Gasteiger charge is 2.78. The highest BCUT2D eigenvalue weighted by Crippen LogP contribution is 2.63. The van der Waals surface area contributed by atoms with Crippen molar-refractivity contribution < 1.29 is 89.3 Å². The van der Waals surface area contributed by atoms with E-state index in [1.807, 2.05) is 0 Å². The van der Waals surface area contributed by atoms with Gasteiger partial charge in [0.2, 0.25) is 0 Å². The van der Waals surface area contributed by atoms with Crippen LogP contribution < -0.4 is 0 Å². The molecule has 0 aromatic carbocycles. The van der Waals surface area contributed by atoms with E-state index in [2.05, 4.69) is 0 Å². The summed E-state index contributed by atoms with van der Waals surface area (Å²) < 4.78 is 45.0. The largest absolute Gasteiger partial charge is 0.393 e. The Kier molecular flexibility index (Phi) is 14.5. The number of rotatable bonds is 14. The number of ether oxygens (including phenoxy) is 7. The van der Waals surface area contributed by atoms with Crippen LogP contribution in [0.25, 0.3) is 0 Å². The monoisotopic (exact) mass is 997 g/mol. The van der Waals surface area contributed by atoms with E-state index in [1.54, 1.807) is 83.1 Å². The van der Waals surface area contributed by atoms with Crippen molar-refractivity contribution in [2.45, 2.75) is 254 Å². The molecule has 0 amide bonds. The molecule has 4 aliphatic rings. The van der Waals surface area contributed by atoms with Gasteiger partial charge in [0, 0.05) is 0 Å². The van der Waals surface area contributed by atoms with Crippen LogP contribution in [0.4, 0.5) is 0 Å². The van der Waals surface area contributed by atoms with E-state index in [4.69, 9.17) is 33.2 Å². The van der Waals surface area contributed by atoms with Crippen molar-refractivity contribution in [3.8, 4) is 0 Å². The van der Waals surface area contributed by atoms with Gasteiger partial charge >= 0.3 is 0 Å². The Labute approximate surface area is 411 Å². The molecule has 4 aliphatic heterocycles. The Morgan fingerprint density at radius 1 is 0.246 bits per heavy atom. The topological polar surface area (TPSA) is 287 Å². The lowest BCUT2D eigenvalue weighted by molar-refractivity contribution is -0.415. The van der Waals surface area contributed by atoms with Crippen LogP contribution >= 0.6 is 0 Å². The maximum atomic E-state index is 12.8. The molecule has 18 heteroatoms. The number of aliphatic hydroxyl groups is 11. The molecule has 17 unspecified atom stereocenters. The van der Waals surface area contributed by atoms with Gasteiger partial charge in [-0.15, -0.1) is 0 Å². The van der Waals surface area contributed by atoms with Gasteiger partial charge in [0.25, 0.3) is 0 Å². The molecule has 0 spiro atoms. The standard InChI is InChI=1S/C51H96O18/c1-32(2)35(7,48(20,59)49(21,60)41(13,66-32)30-64-27-36(8)43(15,54)33(3,4)67-38(10,24-52)45(36,17)56)26-63-29-40(12)47(19,58)37(9,46(18,57)39(11,25-53)69-40)28-65-31-42(14)50(22,61)51(23,62)44(16,55)34(5,6)68-42/h52-62H,24-31H2,1-23H3. The molecule has 0 saturated carbocycles. The number of aliphatic hydroxyl groups excluding tert-OH is 2. The summed E-state index contributed by atoms with van der Waals surface area (Å²) in [5, 5.41) is 131. The summed E-state index contributed by atoms with van der Waals surface area (Å²) >= 11 is 0. The van der Waals surface area contributed by atoms with Crippen LogP contribution in [0.3, 0.4) is 0 Å². The van der Waals surface area contributed by atoms with Gasteiger partial charge in [-0.2, -0.15) is 0 Å². The second kappa shape index (κ2) is 16.4. The van der Waals surface area contributed by atoms with Crippen LogP contribution in [0.2, 0.25) is 0 Å². The average Bonchev–Trinajstić information content (AvgIpc) is 3.17. The molecule has 4 heterocycles. The molecular weight excluding hydrogens is 901 g/mol. The first-order valence-corrected chi connectivity index (χ1v) is 24.3. The Morgan fingerprint density at radius 3 is 0.884 bits per heavy atom. The SMILES string of the molecule is CC1(C)OC(C)(COCC2(C)C(C)(O)C(C)(CO)OC(C)(COCC3(C)C(C)(C)OC(C)(COCC4(C)C(C)(O)C(C)(C)OC(C)(CO)C4(C)O)C(C)(O)C3(C)O)C2(C)O)C(C)(O)C(C)(O)C1(C)O. The third kappa shape index (κ3) is 7.37. The number of hydrogen-bond acceptors (Lipinski definition) is 18. The predicted molar refractivity (Wildman–Crippen MR) is 255 cm³/mol. The molecule has 4 saturated heterocycles. The Hall–Kier alpha value is -0.720. The lowest BCUT2D eigenvalue weighted by Crippen LogP contribution is -2.84. The van der Waals surface area contributed by atoms with Gasteiger partial charge in [-0.05, 0) is 138 Å². The molecule has 11 N–H and O–H groups in total. The molecule has 17 atom stereocenters. The maximum Gasteiger partial charge on any atom is 0.124 e. The van der Waals surface area contributed by atoms with Gasteiger partial charge in [0.05, 0.1) is 85.9 Å². The van der Waals surface area contributed by atoms with Crippen LogP contribution in [-0.2, 0) is 33.2 Å². The van der Waals surface area contributed by atoms with Crippen LogP contribution in [0.1, 0.15) is 159 Å². The number of hydrogen-bond donors (Lipinski definition) is 11. The van der Waals surface area contributed by atoms with Gasteiger partial charge in [-0.1, -0.05) is 20.8 Å². The van der Waals surface area contributed by atoms with E-state index in [-0.39, 0.29) is 26.4 Å². The Bertz CT molecular complexity index is 1920. The third-order valence-electron chi connectivity index (χ3n) is 21.8. The molecule has 0 bridgehead atoms. The summed E-state index contributed by atoms with van der Waals surface area (Å²) in [4.78, 5) is 0. The van der Waals surface area contributed by atoms with Crippen LogP contribution in [0.15, 0.2) is 0 Å². The van der Waals surface area contributed by atoms with Crippen molar-refractivity contribution in [3.05, 3.63) is 0 Å². The highest BCUT2D eigenvalue weighted by atomic mass is 16.6. The Balaban J connectivity index is 1.63. The van der Waals surface area contributed by atoms with Crippen molar-refractivity contribution >= 4 is 0 Å². The van der Waals surface area contributed by atoms with Gasteiger partial charge in [-0.25, -0.2) is 0 Å². The lowest BCUT2D eigenvalue weighted by atomic mass is 9.52. The zero-order chi connectivity index (χ0) is 54.6. The predicted octanol–water partition coefficient (Wildman–Crippen LogP) is 2.05. The van der Waals surface area contributed by atoms with E-state index in [0.717, 1.165) is 0 Å². The van der Waals surface area contributed by atoms with Crippen molar-refractivity contribution in [2.75, 3.05) is 52.9 Å². The van der Waals surface area contributed by atoms with Crippen molar-refractivity contribution in [2.24, 2.45) is 16.2 Å². The molecule has 4 fully saturated rings. The van der Waals surface area contributed by atoms with Gasteiger partial charge in [0.1, 0.15) is 78.4 Å². The zero-order valence-electron chi connectivity index (χ0n) is 46.4. The van der Waals surface area contributed by atoms with Crippen LogP contribution in [-0.4, -0.2) is 204 Å². The first-order chi connectivity index (χ1) is 30.1. The normalized spacial score (nSPS) is 56.3. The minimum Gasteiger partial charge on any atom is -0.393 e. The van der Waals surface area contributed by atoms with Crippen molar-refractivity contribution in [1.29, 1.82) is 0 Å². The molecule has 408 valence electrons. The van der Waals surface area contributed by atoms with E-state index in [9.17, 15) is 56.2 Å². The highest BCUT2D eigenvalue weighted by molar-refractivity contribution is 5.27. The molecule has 69 heavy (non-hydrogen) atoms. The summed E-state index contributed by atoms with van der Waals surface area (Å²) in [5.74, 6) is 0. The average molecular weight is 997 g/mol. The first-order valence-electron chi connectivity index (χ1n) is 24.3. The quantitative estimate of drug-likeness (QED) is 0.119. The van der Waals surface area contributed by atoms with Crippen LogP contribution in [0.5, 0.6) is 0 Å². The lowest BCUT2D eigenvalue weighted by Gasteiger charge is -2.69. The first kappa shape index (κ1) is 60.8. The van der Waals surface area contributed by atoms with E-state index in [0.29, 0.717) is 0 Å². The van der Waals surface area contributed by atoms with Gasteiger partial charge in [0.15, 0.2) is 0 Å². The van der Waals surface area contributed by atoms with Gasteiger partial charge in [-0.3, -0.25) is 0 Å². The van der Waals surface area contributed by atoms with E-state index in [1.165, 1.54) is 76.2 Å². The minimum absolute atomic E-state index is 0.285. The molecule has 0 aromatic heterocycles. The third-order valence-corrected chi connectivity index (χ3v) is 21.8. The smallest absolute Gasteiger partial charge is 0.124 e. The fraction of sp³-hybridized carbons (Fsp3) is 1.00. The second-order valence-electron chi connectivity index (χ2n) is 26.5. The second-order valence-corrected chi connectivity index (χ2v) is 26.5. The summed E-state index contributed by atoms with van der Waals surface area (Å²) in [6.07, 6.45) is 0. The van der Waals surface area contributed by atoms with Crippen molar-refractivity contribution in [1.82, 2.24) is 0 Å². The van der Waals surface area contributed by atoms with E-state index < -0.39 is 138 Å². The molecular formula is C51H96O18. The zero-order valence-corrected chi connectivity index (χ0v) is 46.4. The fourth-order valence-corrected chi connectivity index (χ4v) is 12.7. The van der Waals surface area contributed by atoms with Gasteiger partial charge < -0.3 is 89.3 Å². The minimum atomic E-state index is -2.11. The van der Waals surface area contributed by atoms with Crippen LogP contribution in [0, 0.1) is 16.2 Å². The maximum absolute atomic E-state index is 12.8. The van der Waals surface area contributed by atoms with E-state index >= 15 is 0 Å². The summed E-state index contributed by atoms with van der Waals surface area (Å²) in [7, 11) is 0. The summed E-state index contributed by atoms with van der Waals surface area (Å²) in [5.41, 5.74) is -34.7. The molecule has 18 nitrogen and oxygen atoms in total. The Morgan fingerprint density at radius 2 is 0.507 bits per heavy atom. The molecule has 4 rings (SSSR count). The van der Waals surface area contributed by atoms with Crippen molar-refractivity contribution in [3.63, 3.8) is 0 Å². The summed E-state index contributed by atoms with van der Waals surface area (Å²) in [6.45, 7) is 32.1. The summed E-state index contributed by atoms with van der Waals surface area (Å²) in [6, 6.07) is 0. The molecule has 0 radical (unpaired) electrons. The molecule has 0 aliphatic carbocycles.